The average molecular weight is 300 g/mol. The van der Waals surface area contributed by atoms with Crippen LogP contribution in [0.2, 0.25) is 0 Å². The minimum Gasteiger partial charge on any atom is -0.477 e. The zero-order valence-corrected chi connectivity index (χ0v) is 12.2. The van der Waals surface area contributed by atoms with E-state index < -0.39 is 16.0 Å². The van der Waals surface area contributed by atoms with Gasteiger partial charge in [-0.15, -0.1) is 0 Å². The van der Waals surface area contributed by atoms with Crippen molar-refractivity contribution in [1.29, 1.82) is 0 Å². The molecule has 1 aliphatic rings. The first kappa shape index (κ1) is 15.1. The van der Waals surface area contributed by atoms with Gasteiger partial charge >= 0.3 is 5.97 Å². The average Bonchev–Trinajstić information content (AvgIpc) is 2.90. The van der Waals surface area contributed by atoms with Crippen molar-refractivity contribution in [2.45, 2.75) is 50.0 Å². The van der Waals surface area contributed by atoms with Crippen LogP contribution in [0.4, 0.5) is 0 Å². The lowest BCUT2D eigenvalue weighted by Crippen LogP contribution is -2.38. The van der Waals surface area contributed by atoms with Crippen molar-refractivity contribution in [1.82, 2.24) is 9.71 Å². The van der Waals surface area contributed by atoms with E-state index in [2.05, 4.69) is 9.71 Å². The number of hydrogen-bond donors (Lipinski definition) is 3. The Morgan fingerprint density at radius 3 is 2.60 bits per heavy atom. The van der Waals surface area contributed by atoms with Gasteiger partial charge in [0.1, 0.15) is 10.6 Å². The van der Waals surface area contributed by atoms with Gasteiger partial charge in [-0.2, -0.15) is 0 Å². The normalized spacial score (nSPS) is 18.9. The topological polar surface area (TPSA) is 99.3 Å². The molecule has 1 saturated carbocycles. The Labute approximate surface area is 118 Å². The molecule has 0 unspecified atom stereocenters. The number of H-pyrrole nitrogens is 1. The van der Waals surface area contributed by atoms with Gasteiger partial charge in [0.2, 0.25) is 10.0 Å². The molecule has 1 aromatic rings. The van der Waals surface area contributed by atoms with Crippen LogP contribution in [0.1, 0.15) is 49.5 Å². The predicted octanol–water partition coefficient (Wildman–Crippen LogP) is 1.96. The molecule has 20 heavy (non-hydrogen) atoms. The van der Waals surface area contributed by atoms with Crippen LogP contribution in [0.5, 0.6) is 0 Å². The fraction of sp³-hybridized carbons (Fsp3) is 0.615. The summed E-state index contributed by atoms with van der Waals surface area (Å²) < 4.78 is 27.0. The Bertz CT molecular complexity index is 573. The summed E-state index contributed by atoms with van der Waals surface area (Å²) in [6.45, 7) is 1.87. The maximum atomic E-state index is 12.2. The highest BCUT2D eigenvalue weighted by molar-refractivity contribution is 7.89. The van der Waals surface area contributed by atoms with Gasteiger partial charge in [0, 0.05) is 12.2 Å². The summed E-state index contributed by atoms with van der Waals surface area (Å²) in [5.74, 6) is -0.816. The molecule has 1 fully saturated rings. The first-order valence-corrected chi connectivity index (χ1v) is 8.32. The van der Waals surface area contributed by atoms with Gasteiger partial charge in [0.15, 0.2) is 0 Å². The Balaban J connectivity index is 2.07. The first-order valence-electron chi connectivity index (χ1n) is 6.84. The number of nitrogens with one attached hydrogen (secondary N) is 2. The highest BCUT2D eigenvalue weighted by Crippen LogP contribution is 2.27. The van der Waals surface area contributed by atoms with Crippen molar-refractivity contribution in [3.05, 3.63) is 18.0 Å². The third-order valence-corrected chi connectivity index (χ3v) is 5.43. The highest BCUT2D eigenvalue weighted by Gasteiger charge is 2.26. The molecule has 112 valence electrons. The van der Waals surface area contributed by atoms with Crippen LogP contribution in [0.3, 0.4) is 0 Å². The van der Waals surface area contributed by atoms with Gasteiger partial charge < -0.3 is 10.1 Å². The van der Waals surface area contributed by atoms with Crippen molar-refractivity contribution < 1.29 is 18.3 Å². The predicted molar refractivity (Wildman–Crippen MR) is 74.1 cm³/mol. The molecule has 0 bridgehead atoms. The molecule has 7 heteroatoms. The number of rotatable bonds is 5. The van der Waals surface area contributed by atoms with Gasteiger partial charge in [-0.05, 0) is 31.7 Å². The summed E-state index contributed by atoms with van der Waals surface area (Å²) in [6.07, 6.45) is 6.79. The molecule has 6 nitrogen and oxygen atoms in total. The van der Waals surface area contributed by atoms with Crippen molar-refractivity contribution in [2.75, 3.05) is 0 Å². The Kier molecular flexibility index (Phi) is 4.49. The molecular weight excluding hydrogens is 280 g/mol. The van der Waals surface area contributed by atoms with E-state index in [1.54, 1.807) is 0 Å². The second kappa shape index (κ2) is 5.97. The molecule has 0 aromatic carbocycles. The number of aromatic nitrogens is 1. The molecule has 0 amide bonds. The van der Waals surface area contributed by atoms with E-state index in [0.717, 1.165) is 31.7 Å². The molecule has 2 rings (SSSR count). The summed E-state index contributed by atoms with van der Waals surface area (Å²) >= 11 is 0. The van der Waals surface area contributed by atoms with E-state index in [1.807, 2.05) is 6.92 Å². The van der Waals surface area contributed by atoms with Crippen LogP contribution in [0.15, 0.2) is 17.2 Å². The Morgan fingerprint density at radius 2 is 2.05 bits per heavy atom. The quantitative estimate of drug-likeness (QED) is 0.774. The van der Waals surface area contributed by atoms with Crippen LogP contribution in [0, 0.1) is 5.92 Å². The molecular formula is C13H20N2O4S. The van der Waals surface area contributed by atoms with Crippen molar-refractivity contribution in [3.8, 4) is 0 Å². The largest absolute Gasteiger partial charge is 0.477 e. The van der Waals surface area contributed by atoms with Crippen LogP contribution in [0.25, 0.3) is 0 Å². The van der Waals surface area contributed by atoms with E-state index in [0.29, 0.717) is 5.92 Å². The van der Waals surface area contributed by atoms with Crippen LogP contribution in [-0.4, -0.2) is 30.5 Å². The number of aromatic amines is 1. The molecule has 1 atom stereocenters. The van der Waals surface area contributed by atoms with Crippen LogP contribution in [-0.2, 0) is 10.0 Å². The minimum atomic E-state index is -3.67. The summed E-state index contributed by atoms with van der Waals surface area (Å²) in [7, 11) is -3.67. The molecule has 0 radical (unpaired) electrons. The second-order valence-electron chi connectivity index (χ2n) is 5.36. The van der Waals surface area contributed by atoms with Crippen molar-refractivity contribution in [3.63, 3.8) is 0 Å². The fourth-order valence-electron chi connectivity index (χ4n) is 2.70. The Morgan fingerprint density at radius 1 is 1.40 bits per heavy atom. The number of hydrogen-bond acceptors (Lipinski definition) is 3. The van der Waals surface area contributed by atoms with Gasteiger partial charge in [-0.25, -0.2) is 17.9 Å². The smallest absolute Gasteiger partial charge is 0.352 e. The number of sulfonamides is 1. The molecule has 1 aromatic heterocycles. The molecule has 0 spiro atoms. The number of carboxylic acids is 1. The number of aromatic carboxylic acids is 1. The van der Waals surface area contributed by atoms with Gasteiger partial charge in [-0.3, -0.25) is 0 Å². The third kappa shape index (κ3) is 3.40. The van der Waals surface area contributed by atoms with Gasteiger partial charge in [-0.1, -0.05) is 19.3 Å². The molecule has 0 aliphatic heterocycles. The molecule has 1 heterocycles. The van der Waals surface area contributed by atoms with E-state index in [9.17, 15) is 13.2 Å². The lowest BCUT2D eigenvalue weighted by molar-refractivity contribution is 0.0691. The fourth-order valence-corrected chi connectivity index (χ4v) is 4.00. The number of carbonyl (C=O) groups is 1. The number of carboxylic acid groups (broad SMARTS) is 1. The highest BCUT2D eigenvalue weighted by atomic mass is 32.2. The SMILES string of the molecule is C[C@@H](NS(=O)(=O)c1c[nH]c(C(=O)O)c1)C1CCCCC1. The summed E-state index contributed by atoms with van der Waals surface area (Å²) in [4.78, 5) is 13.2. The van der Waals surface area contributed by atoms with Gasteiger partial charge in [0.25, 0.3) is 0 Å². The zero-order chi connectivity index (χ0) is 14.8. The maximum absolute atomic E-state index is 12.2. The minimum absolute atomic E-state index is 0.0300. The van der Waals surface area contributed by atoms with Crippen molar-refractivity contribution >= 4 is 16.0 Å². The lowest BCUT2D eigenvalue weighted by atomic mass is 9.85. The molecule has 0 saturated heterocycles. The van der Waals surface area contributed by atoms with E-state index in [4.69, 9.17) is 5.11 Å². The summed E-state index contributed by atoms with van der Waals surface area (Å²) in [5.41, 5.74) is -0.129. The summed E-state index contributed by atoms with van der Waals surface area (Å²) in [5, 5.41) is 8.80. The lowest BCUT2D eigenvalue weighted by Gasteiger charge is -2.27. The van der Waals surface area contributed by atoms with E-state index >= 15 is 0 Å². The van der Waals surface area contributed by atoms with E-state index in [1.165, 1.54) is 12.6 Å². The van der Waals surface area contributed by atoms with Crippen molar-refractivity contribution in [2.24, 2.45) is 5.92 Å². The zero-order valence-electron chi connectivity index (χ0n) is 11.4. The summed E-state index contributed by atoms with van der Waals surface area (Å²) in [6, 6.07) is 1.00. The Hall–Kier alpha value is -1.34. The third-order valence-electron chi connectivity index (χ3n) is 3.90. The van der Waals surface area contributed by atoms with Crippen LogP contribution < -0.4 is 4.72 Å². The standard InChI is InChI=1S/C13H20N2O4S/c1-9(10-5-3-2-4-6-10)15-20(18,19)11-7-12(13(16)17)14-8-11/h7-10,14-15H,2-6H2,1H3,(H,16,17)/t9-/m1/s1. The molecule has 3 N–H and O–H groups in total. The van der Waals surface area contributed by atoms with Crippen LogP contribution >= 0.6 is 0 Å². The molecule has 1 aliphatic carbocycles. The second-order valence-corrected chi connectivity index (χ2v) is 7.08. The van der Waals surface area contributed by atoms with Gasteiger partial charge in [0.05, 0.1) is 0 Å². The maximum Gasteiger partial charge on any atom is 0.352 e. The first-order chi connectivity index (χ1) is 9.40. The van der Waals surface area contributed by atoms with E-state index in [-0.39, 0.29) is 16.6 Å². The monoisotopic (exact) mass is 300 g/mol.